The van der Waals surface area contributed by atoms with Crippen molar-refractivity contribution in [2.75, 3.05) is 19.6 Å². The third-order valence-corrected chi connectivity index (χ3v) is 3.62. The first-order valence-electron chi connectivity index (χ1n) is 6.55. The number of nitrogens with zero attached hydrogens (tertiary/aromatic N) is 1. The molecule has 1 saturated heterocycles. The number of amides is 1. The molecule has 0 bridgehead atoms. The van der Waals surface area contributed by atoms with Crippen molar-refractivity contribution in [3.63, 3.8) is 0 Å². The molecule has 0 aromatic rings. The van der Waals surface area contributed by atoms with Gasteiger partial charge in [-0.25, -0.2) is 0 Å². The Morgan fingerprint density at radius 3 is 2.56 bits per heavy atom. The van der Waals surface area contributed by atoms with Crippen LogP contribution >= 0.6 is 0 Å². The summed E-state index contributed by atoms with van der Waals surface area (Å²) < 4.78 is 0. The highest BCUT2D eigenvalue weighted by Gasteiger charge is 2.34. The molecule has 0 spiro atoms. The average Bonchev–Trinajstić information content (AvgIpc) is 2.40. The zero-order valence-corrected chi connectivity index (χ0v) is 11.2. The number of hydrogen-bond acceptors (Lipinski definition) is 2. The van der Waals surface area contributed by atoms with Crippen LogP contribution in [0.3, 0.4) is 0 Å². The van der Waals surface area contributed by atoms with Gasteiger partial charge in [0.1, 0.15) is 0 Å². The Morgan fingerprint density at radius 2 is 2.00 bits per heavy atom. The first-order chi connectivity index (χ1) is 7.53. The van der Waals surface area contributed by atoms with Gasteiger partial charge in [0.2, 0.25) is 5.91 Å². The maximum Gasteiger partial charge on any atom is 0.226 e. The monoisotopic (exact) mass is 226 g/mol. The van der Waals surface area contributed by atoms with Crippen LogP contribution in [0.4, 0.5) is 0 Å². The van der Waals surface area contributed by atoms with Crippen molar-refractivity contribution < 1.29 is 4.79 Å². The second kappa shape index (κ2) is 5.67. The molecule has 1 rings (SSSR count). The fourth-order valence-electron chi connectivity index (χ4n) is 2.42. The van der Waals surface area contributed by atoms with E-state index in [9.17, 15) is 4.79 Å². The molecule has 3 heteroatoms. The van der Waals surface area contributed by atoms with Crippen LogP contribution in [0.1, 0.15) is 47.0 Å². The molecule has 1 aliphatic rings. The molecule has 94 valence electrons. The summed E-state index contributed by atoms with van der Waals surface area (Å²) in [6.45, 7) is 11.4. The molecular weight excluding hydrogens is 200 g/mol. The third-order valence-electron chi connectivity index (χ3n) is 3.62. The Morgan fingerprint density at radius 1 is 1.38 bits per heavy atom. The van der Waals surface area contributed by atoms with E-state index in [4.69, 9.17) is 0 Å². The van der Waals surface area contributed by atoms with E-state index in [1.165, 1.54) is 0 Å². The number of nitrogens with one attached hydrogen (secondary N) is 1. The van der Waals surface area contributed by atoms with Gasteiger partial charge in [-0.1, -0.05) is 13.8 Å². The van der Waals surface area contributed by atoms with Gasteiger partial charge in [0.25, 0.3) is 0 Å². The molecule has 3 nitrogen and oxygen atoms in total. The summed E-state index contributed by atoms with van der Waals surface area (Å²) in [6, 6.07) is 0. The van der Waals surface area contributed by atoms with Crippen molar-refractivity contribution in [1.82, 2.24) is 10.2 Å². The van der Waals surface area contributed by atoms with Gasteiger partial charge < -0.3 is 10.2 Å². The van der Waals surface area contributed by atoms with Gasteiger partial charge in [-0.05, 0) is 39.7 Å². The lowest BCUT2D eigenvalue weighted by Crippen LogP contribution is -2.53. The molecule has 1 aliphatic heterocycles. The van der Waals surface area contributed by atoms with Crippen LogP contribution in [0.2, 0.25) is 0 Å². The molecule has 0 saturated carbocycles. The van der Waals surface area contributed by atoms with Crippen molar-refractivity contribution in [3.8, 4) is 0 Å². The van der Waals surface area contributed by atoms with Gasteiger partial charge in [0.15, 0.2) is 0 Å². The molecular formula is C13H26N2O. The number of rotatable bonds is 3. The first-order valence-corrected chi connectivity index (χ1v) is 6.55. The zero-order valence-electron chi connectivity index (χ0n) is 11.2. The second-order valence-corrected chi connectivity index (χ2v) is 5.35. The fourth-order valence-corrected chi connectivity index (χ4v) is 2.42. The van der Waals surface area contributed by atoms with E-state index in [1.807, 2.05) is 0 Å². The lowest BCUT2D eigenvalue weighted by molar-refractivity contribution is -0.140. The van der Waals surface area contributed by atoms with Crippen LogP contribution in [0, 0.1) is 5.92 Å². The van der Waals surface area contributed by atoms with E-state index >= 15 is 0 Å². The minimum Gasteiger partial charge on any atom is -0.336 e. The Labute approximate surface area is 99.6 Å². The van der Waals surface area contributed by atoms with Gasteiger partial charge >= 0.3 is 0 Å². The highest BCUT2D eigenvalue weighted by molar-refractivity contribution is 5.79. The third kappa shape index (κ3) is 2.97. The molecule has 16 heavy (non-hydrogen) atoms. The van der Waals surface area contributed by atoms with E-state index < -0.39 is 0 Å². The van der Waals surface area contributed by atoms with Gasteiger partial charge in [0.05, 0.1) is 0 Å². The van der Waals surface area contributed by atoms with Crippen LogP contribution in [-0.2, 0) is 4.79 Å². The average molecular weight is 226 g/mol. The summed E-state index contributed by atoms with van der Waals surface area (Å²) in [5.74, 6) is 0.552. The maximum atomic E-state index is 12.4. The van der Waals surface area contributed by atoms with Crippen molar-refractivity contribution in [2.45, 2.75) is 52.5 Å². The molecule has 0 aliphatic carbocycles. The number of carbonyl (C=O) groups is 1. The van der Waals surface area contributed by atoms with E-state index in [2.05, 4.69) is 37.9 Å². The Hall–Kier alpha value is -0.570. The van der Waals surface area contributed by atoms with Crippen molar-refractivity contribution in [1.29, 1.82) is 0 Å². The first kappa shape index (κ1) is 13.5. The SMILES string of the molecule is CCC(CC)C(=O)N1CCCNCC1(C)C. The van der Waals surface area contributed by atoms with Crippen LogP contribution < -0.4 is 5.32 Å². The van der Waals surface area contributed by atoms with Gasteiger partial charge in [0, 0.05) is 24.5 Å². The molecule has 1 N–H and O–H groups in total. The highest BCUT2D eigenvalue weighted by Crippen LogP contribution is 2.22. The van der Waals surface area contributed by atoms with E-state index in [-0.39, 0.29) is 11.5 Å². The second-order valence-electron chi connectivity index (χ2n) is 5.35. The van der Waals surface area contributed by atoms with Gasteiger partial charge in [-0.15, -0.1) is 0 Å². The Kier molecular flexibility index (Phi) is 4.78. The molecule has 1 fully saturated rings. The molecule has 0 atom stereocenters. The predicted molar refractivity (Wildman–Crippen MR) is 67.4 cm³/mol. The van der Waals surface area contributed by atoms with Crippen molar-refractivity contribution in [2.24, 2.45) is 5.92 Å². The molecule has 0 unspecified atom stereocenters. The summed E-state index contributed by atoms with van der Waals surface area (Å²) >= 11 is 0. The van der Waals surface area contributed by atoms with Crippen molar-refractivity contribution >= 4 is 5.91 Å². The summed E-state index contributed by atoms with van der Waals surface area (Å²) in [7, 11) is 0. The quantitative estimate of drug-likeness (QED) is 0.798. The van der Waals surface area contributed by atoms with Crippen LogP contribution in [-0.4, -0.2) is 36.0 Å². The largest absolute Gasteiger partial charge is 0.336 e. The standard InChI is InChI=1S/C13H26N2O/c1-5-11(6-2)12(16)15-9-7-8-14-10-13(15,3)4/h11,14H,5-10H2,1-4H3. The molecule has 0 radical (unpaired) electrons. The number of carbonyl (C=O) groups excluding carboxylic acids is 1. The lowest BCUT2D eigenvalue weighted by atomic mass is 9.96. The summed E-state index contributed by atoms with van der Waals surface area (Å²) in [4.78, 5) is 14.5. The minimum absolute atomic E-state index is 0.0455. The topological polar surface area (TPSA) is 32.3 Å². The summed E-state index contributed by atoms with van der Waals surface area (Å²) in [5.41, 5.74) is -0.0455. The smallest absolute Gasteiger partial charge is 0.226 e. The number of hydrogen-bond donors (Lipinski definition) is 1. The van der Waals surface area contributed by atoms with Gasteiger partial charge in [-0.3, -0.25) is 4.79 Å². The molecule has 0 aromatic carbocycles. The summed E-state index contributed by atoms with van der Waals surface area (Å²) in [6.07, 6.45) is 2.97. The summed E-state index contributed by atoms with van der Waals surface area (Å²) in [5, 5.41) is 3.40. The molecule has 1 amide bonds. The van der Waals surface area contributed by atoms with Crippen LogP contribution in [0.15, 0.2) is 0 Å². The van der Waals surface area contributed by atoms with E-state index in [0.29, 0.717) is 5.91 Å². The predicted octanol–water partition coefficient (Wildman–Crippen LogP) is 2.02. The van der Waals surface area contributed by atoms with Crippen LogP contribution in [0.25, 0.3) is 0 Å². The molecule has 0 aromatic heterocycles. The normalized spacial score (nSPS) is 20.9. The highest BCUT2D eigenvalue weighted by atomic mass is 16.2. The van der Waals surface area contributed by atoms with E-state index in [0.717, 1.165) is 38.9 Å². The Bertz CT molecular complexity index is 234. The molecule has 1 heterocycles. The fraction of sp³-hybridized carbons (Fsp3) is 0.923. The Balaban J connectivity index is 2.78. The maximum absolute atomic E-state index is 12.4. The van der Waals surface area contributed by atoms with Crippen LogP contribution in [0.5, 0.6) is 0 Å². The van der Waals surface area contributed by atoms with Crippen molar-refractivity contribution in [3.05, 3.63) is 0 Å². The van der Waals surface area contributed by atoms with E-state index in [1.54, 1.807) is 0 Å². The minimum atomic E-state index is -0.0455. The van der Waals surface area contributed by atoms with Gasteiger partial charge in [-0.2, -0.15) is 0 Å². The zero-order chi connectivity index (χ0) is 12.2. The lowest BCUT2D eigenvalue weighted by Gasteiger charge is -2.39.